The molecule has 2 rings (SSSR count). The Morgan fingerprint density at radius 1 is 1.25 bits per heavy atom. The van der Waals surface area contributed by atoms with Gasteiger partial charge in [-0.2, -0.15) is 0 Å². The van der Waals surface area contributed by atoms with E-state index in [-0.39, 0.29) is 0 Å². The van der Waals surface area contributed by atoms with Gasteiger partial charge >= 0.3 is 0 Å². The van der Waals surface area contributed by atoms with Crippen LogP contribution in [0.2, 0.25) is 0 Å². The van der Waals surface area contributed by atoms with E-state index in [9.17, 15) is 0 Å². The third kappa shape index (κ3) is 1.82. The highest BCUT2D eigenvalue weighted by molar-refractivity contribution is 7.97. The summed E-state index contributed by atoms with van der Waals surface area (Å²) in [6.45, 7) is 1.12. The number of benzene rings is 1. The summed E-state index contributed by atoms with van der Waals surface area (Å²) in [6, 6.07) is 10.8. The van der Waals surface area contributed by atoms with Gasteiger partial charge in [-0.15, -0.1) is 0 Å². The van der Waals surface area contributed by atoms with E-state index in [0.29, 0.717) is 0 Å². The number of rotatable bonds is 1. The standard InChI is InChI=1S/C10H13NS/c1-2-4-9(5-3-1)10-6-7-12-11-8-10/h1-5,10-11H,6-8H2. The Bertz CT molecular complexity index is 229. The van der Waals surface area contributed by atoms with Gasteiger partial charge in [-0.25, -0.2) is 0 Å². The van der Waals surface area contributed by atoms with Crippen molar-refractivity contribution in [2.24, 2.45) is 0 Å². The zero-order valence-electron chi connectivity index (χ0n) is 6.99. The molecular weight excluding hydrogens is 166 g/mol. The fourth-order valence-electron chi connectivity index (χ4n) is 1.54. The summed E-state index contributed by atoms with van der Waals surface area (Å²) in [5.41, 5.74) is 1.48. The average molecular weight is 179 g/mol. The molecule has 0 amide bonds. The molecule has 1 aliphatic heterocycles. The van der Waals surface area contributed by atoms with E-state index in [2.05, 4.69) is 35.1 Å². The van der Waals surface area contributed by atoms with E-state index in [1.54, 1.807) is 0 Å². The van der Waals surface area contributed by atoms with E-state index in [4.69, 9.17) is 0 Å². The minimum atomic E-state index is 0.729. The van der Waals surface area contributed by atoms with Crippen molar-refractivity contribution < 1.29 is 0 Å². The fourth-order valence-corrected chi connectivity index (χ4v) is 2.41. The van der Waals surface area contributed by atoms with Crippen molar-refractivity contribution in [3.63, 3.8) is 0 Å². The average Bonchev–Trinajstić information content (AvgIpc) is 2.21. The van der Waals surface area contributed by atoms with E-state index in [1.807, 2.05) is 11.9 Å². The maximum absolute atomic E-state index is 3.35. The van der Waals surface area contributed by atoms with Gasteiger partial charge in [-0.1, -0.05) is 42.3 Å². The van der Waals surface area contributed by atoms with E-state index >= 15 is 0 Å². The van der Waals surface area contributed by atoms with Crippen molar-refractivity contribution in [1.82, 2.24) is 4.72 Å². The second-order valence-electron chi connectivity index (χ2n) is 3.09. The quantitative estimate of drug-likeness (QED) is 0.664. The summed E-state index contributed by atoms with van der Waals surface area (Å²) in [4.78, 5) is 0. The first kappa shape index (κ1) is 8.14. The molecule has 1 unspecified atom stereocenters. The van der Waals surface area contributed by atoms with Crippen LogP contribution in [0.25, 0.3) is 0 Å². The second-order valence-corrected chi connectivity index (χ2v) is 4.08. The second kappa shape index (κ2) is 3.97. The Kier molecular flexibility index (Phi) is 2.69. The van der Waals surface area contributed by atoms with Crippen LogP contribution in [0.15, 0.2) is 30.3 Å². The smallest absolute Gasteiger partial charge is 0.0128 e. The molecule has 0 aliphatic carbocycles. The van der Waals surface area contributed by atoms with Gasteiger partial charge in [0.25, 0.3) is 0 Å². The molecule has 1 aromatic rings. The van der Waals surface area contributed by atoms with Crippen molar-refractivity contribution in [2.75, 3.05) is 12.3 Å². The highest BCUT2D eigenvalue weighted by Crippen LogP contribution is 2.24. The Hall–Kier alpha value is -0.470. The van der Waals surface area contributed by atoms with Gasteiger partial charge < -0.3 is 0 Å². The predicted molar refractivity (Wildman–Crippen MR) is 54.3 cm³/mol. The van der Waals surface area contributed by atoms with Crippen molar-refractivity contribution >= 4 is 11.9 Å². The summed E-state index contributed by atoms with van der Waals surface area (Å²) in [5, 5.41) is 0. The lowest BCUT2D eigenvalue weighted by atomic mass is 9.97. The number of nitrogens with one attached hydrogen (secondary N) is 1. The first-order valence-corrected chi connectivity index (χ1v) is 5.35. The largest absolute Gasteiger partial charge is 0.264 e. The molecule has 0 spiro atoms. The minimum Gasteiger partial charge on any atom is -0.264 e. The fraction of sp³-hybridized carbons (Fsp3) is 0.400. The molecule has 0 bridgehead atoms. The molecule has 0 radical (unpaired) electrons. The van der Waals surface area contributed by atoms with Gasteiger partial charge in [0.15, 0.2) is 0 Å². The zero-order chi connectivity index (χ0) is 8.23. The topological polar surface area (TPSA) is 12.0 Å². The summed E-state index contributed by atoms with van der Waals surface area (Å²) >= 11 is 1.84. The molecule has 1 atom stereocenters. The minimum absolute atomic E-state index is 0.729. The molecule has 1 aromatic carbocycles. The van der Waals surface area contributed by atoms with Crippen LogP contribution in [0.4, 0.5) is 0 Å². The van der Waals surface area contributed by atoms with E-state index in [0.717, 1.165) is 12.5 Å². The molecule has 1 aliphatic rings. The summed E-state index contributed by atoms with van der Waals surface area (Å²) in [6.07, 6.45) is 1.31. The molecule has 64 valence electrons. The van der Waals surface area contributed by atoms with Crippen LogP contribution in [0.1, 0.15) is 17.9 Å². The summed E-state index contributed by atoms with van der Waals surface area (Å²) in [5.74, 6) is 1.96. The molecule has 0 aromatic heterocycles. The molecule has 2 heteroatoms. The third-order valence-corrected chi connectivity index (χ3v) is 3.08. The van der Waals surface area contributed by atoms with Crippen LogP contribution in [-0.2, 0) is 0 Å². The number of hydrogen-bond donors (Lipinski definition) is 1. The van der Waals surface area contributed by atoms with Gasteiger partial charge in [0.05, 0.1) is 0 Å². The SMILES string of the molecule is c1ccc(C2CCSNC2)cc1. The molecular formula is C10H13NS. The summed E-state index contributed by atoms with van der Waals surface area (Å²) < 4.78 is 3.35. The molecule has 12 heavy (non-hydrogen) atoms. The van der Waals surface area contributed by atoms with Crippen LogP contribution < -0.4 is 4.72 Å². The van der Waals surface area contributed by atoms with Crippen LogP contribution in [0, 0.1) is 0 Å². The highest BCUT2D eigenvalue weighted by atomic mass is 32.2. The van der Waals surface area contributed by atoms with Gasteiger partial charge in [0.2, 0.25) is 0 Å². The first-order chi connectivity index (χ1) is 5.97. The lowest BCUT2D eigenvalue weighted by Crippen LogP contribution is -2.21. The summed E-state index contributed by atoms with van der Waals surface area (Å²) in [7, 11) is 0. The van der Waals surface area contributed by atoms with Crippen molar-refractivity contribution in [3.05, 3.63) is 35.9 Å². The lowest BCUT2D eigenvalue weighted by Gasteiger charge is -2.22. The maximum atomic E-state index is 3.35. The zero-order valence-corrected chi connectivity index (χ0v) is 7.81. The van der Waals surface area contributed by atoms with Gasteiger partial charge in [-0.3, -0.25) is 4.72 Å². The number of hydrogen-bond acceptors (Lipinski definition) is 2. The van der Waals surface area contributed by atoms with Gasteiger partial charge in [-0.05, 0) is 17.9 Å². The normalized spacial score (nSPS) is 23.8. The van der Waals surface area contributed by atoms with Crippen LogP contribution in [0.5, 0.6) is 0 Å². The molecule has 1 N–H and O–H groups in total. The van der Waals surface area contributed by atoms with Gasteiger partial charge in [0.1, 0.15) is 0 Å². The Morgan fingerprint density at radius 2 is 2.08 bits per heavy atom. The Morgan fingerprint density at radius 3 is 2.75 bits per heavy atom. The Labute approximate surface area is 77.7 Å². The Balaban J connectivity index is 2.08. The monoisotopic (exact) mass is 179 g/mol. The molecule has 1 fully saturated rings. The molecule has 0 saturated carbocycles. The first-order valence-electron chi connectivity index (χ1n) is 4.36. The van der Waals surface area contributed by atoms with E-state index < -0.39 is 0 Å². The molecule has 1 saturated heterocycles. The van der Waals surface area contributed by atoms with Crippen LogP contribution in [-0.4, -0.2) is 12.3 Å². The third-order valence-electron chi connectivity index (χ3n) is 2.27. The maximum Gasteiger partial charge on any atom is 0.0128 e. The predicted octanol–water partition coefficient (Wildman–Crippen LogP) is 2.41. The highest BCUT2D eigenvalue weighted by Gasteiger charge is 2.14. The van der Waals surface area contributed by atoms with E-state index in [1.165, 1.54) is 17.7 Å². The molecule has 1 heterocycles. The van der Waals surface area contributed by atoms with Crippen molar-refractivity contribution in [2.45, 2.75) is 12.3 Å². The van der Waals surface area contributed by atoms with Gasteiger partial charge in [0, 0.05) is 12.3 Å². The van der Waals surface area contributed by atoms with Crippen LogP contribution in [0.3, 0.4) is 0 Å². The van der Waals surface area contributed by atoms with Crippen molar-refractivity contribution in [3.8, 4) is 0 Å². The van der Waals surface area contributed by atoms with Crippen molar-refractivity contribution in [1.29, 1.82) is 0 Å². The van der Waals surface area contributed by atoms with Crippen LogP contribution >= 0.6 is 11.9 Å². The lowest BCUT2D eigenvalue weighted by molar-refractivity contribution is 0.638. The molecule has 1 nitrogen and oxygen atoms in total.